The van der Waals surface area contributed by atoms with Crippen LogP contribution in [0.15, 0.2) is 30.3 Å². The molecule has 84 valence electrons. The lowest BCUT2D eigenvalue weighted by atomic mass is 9.77. The number of hydrogen-bond acceptors (Lipinski definition) is 3. The van der Waals surface area contributed by atoms with Crippen LogP contribution >= 0.6 is 0 Å². The molecule has 0 radical (unpaired) electrons. The van der Waals surface area contributed by atoms with E-state index in [1.807, 2.05) is 30.3 Å². The molecule has 0 spiro atoms. The standard InChI is InChI=1S/C13H14O3/c1-10(14)13(7-8-16-12(13)15)9-11-5-3-2-4-6-11/h2-6H,7-9H2,1H3/t13-/m1/s1. The molecule has 1 aliphatic heterocycles. The van der Waals surface area contributed by atoms with Gasteiger partial charge in [-0.2, -0.15) is 0 Å². The summed E-state index contributed by atoms with van der Waals surface area (Å²) in [7, 11) is 0. The molecule has 0 N–H and O–H groups in total. The highest BCUT2D eigenvalue weighted by Gasteiger charge is 2.48. The summed E-state index contributed by atoms with van der Waals surface area (Å²) in [6.07, 6.45) is 0.943. The number of hydrogen-bond donors (Lipinski definition) is 0. The summed E-state index contributed by atoms with van der Waals surface area (Å²) >= 11 is 0. The zero-order valence-corrected chi connectivity index (χ0v) is 9.23. The molecule has 1 fully saturated rings. The Morgan fingerprint density at radius 3 is 2.56 bits per heavy atom. The number of ether oxygens (including phenoxy) is 1. The number of cyclic esters (lactones) is 1. The number of esters is 1. The van der Waals surface area contributed by atoms with Crippen molar-refractivity contribution in [3.05, 3.63) is 35.9 Å². The lowest BCUT2D eigenvalue weighted by Crippen LogP contribution is -2.36. The Balaban J connectivity index is 2.29. The minimum atomic E-state index is -0.943. The highest BCUT2D eigenvalue weighted by atomic mass is 16.5. The average molecular weight is 218 g/mol. The maximum atomic E-state index is 11.7. The number of benzene rings is 1. The van der Waals surface area contributed by atoms with Gasteiger partial charge in [-0.25, -0.2) is 0 Å². The van der Waals surface area contributed by atoms with E-state index in [1.54, 1.807) is 0 Å². The Morgan fingerprint density at radius 1 is 1.38 bits per heavy atom. The molecule has 1 heterocycles. The predicted molar refractivity (Wildman–Crippen MR) is 58.8 cm³/mol. The van der Waals surface area contributed by atoms with Crippen molar-refractivity contribution >= 4 is 11.8 Å². The summed E-state index contributed by atoms with van der Waals surface area (Å²) in [4.78, 5) is 23.4. The summed E-state index contributed by atoms with van der Waals surface area (Å²) in [6, 6.07) is 9.58. The first-order valence-corrected chi connectivity index (χ1v) is 5.37. The molecule has 3 heteroatoms. The highest BCUT2D eigenvalue weighted by molar-refractivity contribution is 6.04. The van der Waals surface area contributed by atoms with Crippen LogP contribution in [0.25, 0.3) is 0 Å². The second-order valence-electron chi connectivity index (χ2n) is 4.19. The molecule has 1 aromatic carbocycles. The molecular formula is C13H14O3. The largest absolute Gasteiger partial charge is 0.465 e. The van der Waals surface area contributed by atoms with Crippen molar-refractivity contribution in [2.24, 2.45) is 5.41 Å². The van der Waals surface area contributed by atoms with Crippen LogP contribution in [0.5, 0.6) is 0 Å². The van der Waals surface area contributed by atoms with E-state index in [2.05, 4.69) is 0 Å². The molecule has 0 amide bonds. The van der Waals surface area contributed by atoms with Crippen LogP contribution in [0.3, 0.4) is 0 Å². The minimum absolute atomic E-state index is 0.0983. The molecular weight excluding hydrogens is 204 g/mol. The van der Waals surface area contributed by atoms with Crippen molar-refractivity contribution in [3.63, 3.8) is 0 Å². The lowest BCUT2D eigenvalue weighted by molar-refractivity contribution is -0.150. The quantitative estimate of drug-likeness (QED) is 0.573. The number of rotatable bonds is 3. The third kappa shape index (κ3) is 1.73. The van der Waals surface area contributed by atoms with Gasteiger partial charge in [-0.05, 0) is 18.9 Å². The Hall–Kier alpha value is -1.64. The van der Waals surface area contributed by atoms with Gasteiger partial charge in [-0.1, -0.05) is 30.3 Å². The molecule has 1 atom stereocenters. The molecule has 0 bridgehead atoms. The molecule has 0 aromatic heterocycles. The SMILES string of the molecule is CC(=O)[C@]1(Cc2ccccc2)CCOC1=O. The minimum Gasteiger partial charge on any atom is -0.465 e. The van der Waals surface area contributed by atoms with Crippen molar-refractivity contribution < 1.29 is 14.3 Å². The smallest absolute Gasteiger partial charge is 0.320 e. The molecule has 0 saturated carbocycles. The maximum absolute atomic E-state index is 11.7. The first kappa shape index (κ1) is 10.9. The van der Waals surface area contributed by atoms with Gasteiger partial charge in [-0.15, -0.1) is 0 Å². The first-order valence-electron chi connectivity index (χ1n) is 5.37. The van der Waals surface area contributed by atoms with Crippen molar-refractivity contribution in [1.82, 2.24) is 0 Å². The van der Waals surface area contributed by atoms with Gasteiger partial charge >= 0.3 is 5.97 Å². The fraction of sp³-hybridized carbons (Fsp3) is 0.385. The van der Waals surface area contributed by atoms with Crippen molar-refractivity contribution in [1.29, 1.82) is 0 Å². The van der Waals surface area contributed by atoms with E-state index >= 15 is 0 Å². The van der Waals surface area contributed by atoms with E-state index in [-0.39, 0.29) is 11.8 Å². The van der Waals surface area contributed by atoms with E-state index in [9.17, 15) is 9.59 Å². The number of Topliss-reactive ketones (excluding diaryl/α,β-unsaturated/α-hetero) is 1. The zero-order chi connectivity index (χ0) is 11.6. The molecule has 1 saturated heterocycles. The van der Waals surface area contributed by atoms with Crippen LogP contribution in [0.1, 0.15) is 18.9 Å². The molecule has 3 nitrogen and oxygen atoms in total. The summed E-state index contributed by atoms with van der Waals surface area (Å²) in [5.41, 5.74) is 0.0537. The first-order chi connectivity index (χ1) is 7.65. The van der Waals surface area contributed by atoms with Crippen LogP contribution in [0.4, 0.5) is 0 Å². The third-order valence-electron chi connectivity index (χ3n) is 3.18. The average Bonchev–Trinajstić information content (AvgIpc) is 2.63. The van der Waals surface area contributed by atoms with Crippen molar-refractivity contribution in [2.45, 2.75) is 19.8 Å². The Labute approximate surface area is 94.4 Å². The van der Waals surface area contributed by atoms with Gasteiger partial charge < -0.3 is 4.74 Å². The fourth-order valence-electron chi connectivity index (χ4n) is 2.11. The summed E-state index contributed by atoms with van der Waals surface area (Å²) in [5, 5.41) is 0. The summed E-state index contributed by atoms with van der Waals surface area (Å²) in [5.74, 6) is -0.470. The van der Waals surface area contributed by atoms with E-state index in [0.29, 0.717) is 19.4 Å². The van der Waals surface area contributed by atoms with Crippen LogP contribution in [0, 0.1) is 5.41 Å². The number of carbonyl (C=O) groups is 2. The molecule has 2 rings (SSSR count). The Morgan fingerprint density at radius 2 is 2.06 bits per heavy atom. The third-order valence-corrected chi connectivity index (χ3v) is 3.18. The van der Waals surface area contributed by atoms with Crippen LogP contribution < -0.4 is 0 Å². The van der Waals surface area contributed by atoms with Gasteiger partial charge in [0.25, 0.3) is 0 Å². The molecule has 0 unspecified atom stereocenters. The second-order valence-corrected chi connectivity index (χ2v) is 4.19. The molecule has 0 aliphatic carbocycles. The van der Waals surface area contributed by atoms with Gasteiger partial charge in [0.15, 0.2) is 0 Å². The van der Waals surface area contributed by atoms with Crippen molar-refractivity contribution in [3.8, 4) is 0 Å². The van der Waals surface area contributed by atoms with Gasteiger partial charge in [0.1, 0.15) is 11.2 Å². The van der Waals surface area contributed by atoms with Gasteiger partial charge in [0, 0.05) is 6.42 Å². The fourth-order valence-corrected chi connectivity index (χ4v) is 2.11. The monoisotopic (exact) mass is 218 g/mol. The Bertz CT molecular complexity index is 410. The molecule has 16 heavy (non-hydrogen) atoms. The lowest BCUT2D eigenvalue weighted by Gasteiger charge is -2.21. The number of ketones is 1. The van der Waals surface area contributed by atoms with E-state index < -0.39 is 5.41 Å². The van der Waals surface area contributed by atoms with Crippen LogP contribution in [0.2, 0.25) is 0 Å². The van der Waals surface area contributed by atoms with E-state index in [0.717, 1.165) is 5.56 Å². The van der Waals surface area contributed by atoms with Gasteiger partial charge in [0.2, 0.25) is 0 Å². The predicted octanol–water partition coefficient (Wildman–Crippen LogP) is 1.75. The zero-order valence-electron chi connectivity index (χ0n) is 9.23. The van der Waals surface area contributed by atoms with Crippen LogP contribution in [-0.4, -0.2) is 18.4 Å². The molecule has 1 aliphatic rings. The van der Waals surface area contributed by atoms with Crippen LogP contribution in [-0.2, 0) is 20.7 Å². The van der Waals surface area contributed by atoms with E-state index in [4.69, 9.17) is 4.74 Å². The van der Waals surface area contributed by atoms with E-state index in [1.165, 1.54) is 6.92 Å². The van der Waals surface area contributed by atoms with Gasteiger partial charge in [0.05, 0.1) is 6.61 Å². The summed E-state index contributed by atoms with van der Waals surface area (Å²) < 4.78 is 4.94. The van der Waals surface area contributed by atoms with Gasteiger partial charge in [-0.3, -0.25) is 9.59 Å². The summed E-state index contributed by atoms with van der Waals surface area (Å²) in [6.45, 7) is 1.82. The number of carbonyl (C=O) groups excluding carboxylic acids is 2. The Kier molecular flexibility index (Phi) is 2.77. The maximum Gasteiger partial charge on any atom is 0.320 e. The molecule has 1 aromatic rings. The second kappa shape index (κ2) is 4.08. The highest BCUT2D eigenvalue weighted by Crippen LogP contribution is 2.34. The topological polar surface area (TPSA) is 43.4 Å². The normalized spacial score (nSPS) is 24.2. The van der Waals surface area contributed by atoms with Crippen molar-refractivity contribution in [2.75, 3.05) is 6.61 Å².